The molecule has 2 aromatic heterocycles. The molecule has 1 N–H and O–H groups in total. The molecule has 0 saturated carbocycles. The zero-order chi connectivity index (χ0) is 14.1. The van der Waals surface area contributed by atoms with Gasteiger partial charge in [-0.1, -0.05) is 29.8 Å². The van der Waals surface area contributed by atoms with Crippen LogP contribution in [0, 0.1) is 6.92 Å². The number of rotatable bonds is 3. The Morgan fingerprint density at radius 2 is 2.25 bits per heavy atom. The summed E-state index contributed by atoms with van der Waals surface area (Å²) in [6.45, 7) is 2.03. The van der Waals surface area contributed by atoms with Crippen molar-refractivity contribution in [1.29, 1.82) is 0 Å². The zero-order valence-electron chi connectivity index (χ0n) is 10.9. The summed E-state index contributed by atoms with van der Waals surface area (Å²) in [5, 5.41) is 8.85. The van der Waals surface area contributed by atoms with Crippen molar-refractivity contribution in [2.45, 2.75) is 13.3 Å². The first-order chi connectivity index (χ1) is 9.63. The molecular weight excluding hydrogens is 254 g/mol. The molecule has 0 aliphatic heterocycles. The van der Waals surface area contributed by atoms with Crippen LogP contribution in [0.15, 0.2) is 43.0 Å². The summed E-state index contributed by atoms with van der Waals surface area (Å²) in [5.41, 5.74) is 4.33. The van der Waals surface area contributed by atoms with E-state index in [4.69, 9.17) is 5.11 Å². The Kier molecular flexibility index (Phi) is 2.95. The Morgan fingerprint density at radius 3 is 3.00 bits per heavy atom. The number of aryl methyl sites for hydroxylation is 1. The standard InChI is InChI=1S/C15H13N3O2/c1-10-3-2-4-11(5-10)13-7-16-9-18-8-12(6-14(19)20)17-15(13)18/h2-5,7-9H,6H2,1H3,(H,19,20). The van der Waals surface area contributed by atoms with E-state index in [2.05, 4.69) is 16.0 Å². The number of aliphatic carboxylic acids is 1. The van der Waals surface area contributed by atoms with Crippen LogP contribution in [0.2, 0.25) is 0 Å². The second-order valence-electron chi connectivity index (χ2n) is 4.71. The third kappa shape index (κ3) is 2.25. The smallest absolute Gasteiger partial charge is 0.309 e. The molecule has 5 heteroatoms. The fourth-order valence-corrected chi connectivity index (χ4v) is 2.23. The minimum absolute atomic E-state index is 0.0884. The molecule has 1 aromatic carbocycles. The number of hydrogen-bond acceptors (Lipinski definition) is 3. The van der Waals surface area contributed by atoms with Gasteiger partial charge in [0.2, 0.25) is 0 Å². The fourth-order valence-electron chi connectivity index (χ4n) is 2.23. The molecule has 0 saturated heterocycles. The van der Waals surface area contributed by atoms with Crippen molar-refractivity contribution >= 4 is 11.6 Å². The molecular formula is C15H13N3O2. The molecule has 0 radical (unpaired) electrons. The quantitative estimate of drug-likeness (QED) is 0.790. The SMILES string of the molecule is Cc1cccc(-c2cncn3cc(CC(=O)O)nc23)c1. The maximum atomic E-state index is 10.8. The lowest BCUT2D eigenvalue weighted by Crippen LogP contribution is -1.99. The summed E-state index contributed by atoms with van der Waals surface area (Å²) >= 11 is 0. The lowest BCUT2D eigenvalue weighted by Gasteiger charge is -2.03. The highest BCUT2D eigenvalue weighted by Crippen LogP contribution is 2.24. The van der Waals surface area contributed by atoms with Crippen LogP contribution in [0.25, 0.3) is 16.8 Å². The minimum Gasteiger partial charge on any atom is -0.481 e. The molecule has 3 rings (SSSR count). The van der Waals surface area contributed by atoms with Gasteiger partial charge in [0.15, 0.2) is 0 Å². The average molecular weight is 267 g/mol. The highest BCUT2D eigenvalue weighted by molar-refractivity contribution is 5.78. The number of fused-ring (bicyclic) bond motifs is 1. The van der Waals surface area contributed by atoms with Crippen LogP contribution in [0.4, 0.5) is 0 Å². The van der Waals surface area contributed by atoms with Crippen molar-refractivity contribution in [3.63, 3.8) is 0 Å². The van der Waals surface area contributed by atoms with Crippen molar-refractivity contribution < 1.29 is 9.90 Å². The number of aromatic nitrogens is 3. The number of carboxylic acid groups (broad SMARTS) is 1. The molecule has 0 unspecified atom stereocenters. The Morgan fingerprint density at radius 1 is 1.40 bits per heavy atom. The number of carboxylic acids is 1. The van der Waals surface area contributed by atoms with Crippen LogP contribution >= 0.6 is 0 Å². The molecule has 100 valence electrons. The second-order valence-corrected chi connectivity index (χ2v) is 4.71. The van der Waals surface area contributed by atoms with Gasteiger partial charge in [0, 0.05) is 18.0 Å². The van der Waals surface area contributed by atoms with E-state index in [0.717, 1.165) is 22.3 Å². The lowest BCUT2D eigenvalue weighted by atomic mass is 10.1. The fraction of sp³-hybridized carbons (Fsp3) is 0.133. The third-order valence-electron chi connectivity index (χ3n) is 3.08. The first kappa shape index (κ1) is 12.3. The van der Waals surface area contributed by atoms with Gasteiger partial charge in [0.1, 0.15) is 12.0 Å². The molecule has 3 aromatic rings. The van der Waals surface area contributed by atoms with E-state index >= 15 is 0 Å². The Balaban J connectivity index is 2.16. The van der Waals surface area contributed by atoms with Gasteiger partial charge >= 0.3 is 5.97 Å². The highest BCUT2D eigenvalue weighted by atomic mass is 16.4. The summed E-state index contributed by atoms with van der Waals surface area (Å²) in [6.07, 6.45) is 5.00. The number of imidazole rings is 1. The van der Waals surface area contributed by atoms with Gasteiger partial charge < -0.3 is 5.11 Å². The lowest BCUT2D eigenvalue weighted by molar-refractivity contribution is -0.136. The molecule has 0 fully saturated rings. The number of hydrogen-bond donors (Lipinski definition) is 1. The highest BCUT2D eigenvalue weighted by Gasteiger charge is 2.10. The monoisotopic (exact) mass is 267 g/mol. The predicted molar refractivity (Wildman–Crippen MR) is 74.5 cm³/mol. The Bertz CT molecular complexity index is 793. The van der Waals surface area contributed by atoms with Crippen LogP contribution in [0.3, 0.4) is 0 Å². The second kappa shape index (κ2) is 4.77. The third-order valence-corrected chi connectivity index (χ3v) is 3.08. The Labute approximate surface area is 115 Å². The van der Waals surface area contributed by atoms with E-state index < -0.39 is 5.97 Å². The first-order valence-electron chi connectivity index (χ1n) is 6.24. The molecule has 0 atom stereocenters. The van der Waals surface area contributed by atoms with E-state index in [1.165, 1.54) is 0 Å². The van der Waals surface area contributed by atoms with Gasteiger partial charge in [0.05, 0.1) is 12.1 Å². The van der Waals surface area contributed by atoms with Crippen LogP contribution in [0.1, 0.15) is 11.3 Å². The molecule has 0 aliphatic carbocycles. The van der Waals surface area contributed by atoms with E-state index in [9.17, 15) is 4.79 Å². The molecule has 20 heavy (non-hydrogen) atoms. The van der Waals surface area contributed by atoms with Gasteiger partial charge in [-0.15, -0.1) is 0 Å². The summed E-state index contributed by atoms with van der Waals surface area (Å²) in [4.78, 5) is 19.4. The van der Waals surface area contributed by atoms with Crippen LogP contribution < -0.4 is 0 Å². The first-order valence-corrected chi connectivity index (χ1v) is 6.24. The van der Waals surface area contributed by atoms with Crippen molar-refractivity contribution in [3.05, 3.63) is 54.2 Å². The van der Waals surface area contributed by atoms with Crippen molar-refractivity contribution in [3.8, 4) is 11.1 Å². The maximum Gasteiger partial charge on any atom is 0.309 e. The average Bonchev–Trinajstić information content (AvgIpc) is 2.79. The normalized spacial score (nSPS) is 10.8. The summed E-state index contributed by atoms with van der Waals surface area (Å²) in [5.74, 6) is -0.890. The summed E-state index contributed by atoms with van der Waals surface area (Å²) < 4.78 is 1.76. The summed E-state index contributed by atoms with van der Waals surface area (Å²) in [7, 11) is 0. The molecule has 0 bridgehead atoms. The van der Waals surface area contributed by atoms with Crippen LogP contribution in [-0.2, 0) is 11.2 Å². The van der Waals surface area contributed by atoms with Crippen molar-refractivity contribution in [2.75, 3.05) is 0 Å². The molecule has 0 amide bonds. The van der Waals surface area contributed by atoms with Crippen LogP contribution in [-0.4, -0.2) is 25.4 Å². The number of nitrogens with zero attached hydrogens (tertiary/aromatic N) is 3. The van der Waals surface area contributed by atoms with Gasteiger partial charge in [-0.25, -0.2) is 9.97 Å². The van der Waals surface area contributed by atoms with Crippen LogP contribution in [0.5, 0.6) is 0 Å². The van der Waals surface area contributed by atoms with Gasteiger partial charge in [-0.05, 0) is 12.5 Å². The van der Waals surface area contributed by atoms with Gasteiger partial charge in [0.25, 0.3) is 0 Å². The minimum atomic E-state index is -0.890. The maximum absolute atomic E-state index is 10.8. The molecule has 0 aliphatic rings. The molecule has 0 spiro atoms. The predicted octanol–water partition coefficient (Wildman–Crippen LogP) is 2.33. The molecule has 2 heterocycles. The van der Waals surface area contributed by atoms with Gasteiger partial charge in [-0.2, -0.15) is 0 Å². The topological polar surface area (TPSA) is 67.5 Å². The Hall–Kier alpha value is -2.69. The van der Waals surface area contributed by atoms with E-state index in [1.54, 1.807) is 23.1 Å². The van der Waals surface area contributed by atoms with Crippen molar-refractivity contribution in [1.82, 2.24) is 14.4 Å². The van der Waals surface area contributed by atoms with Gasteiger partial charge in [-0.3, -0.25) is 9.20 Å². The molecule has 5 nitrogen and oxygen atoms in total. The number of carbonyl (C=O) groups is 1. The zero-order valence-corrected chi connectivity index (χ0v) is 10.9. The van der Waals surface area contributed by atoms with E-state index in [0.29, 0.717) is 5.69 Å². The van der Waals surface area contributed by atoms with E-state index in [-0.39, 0.29) is 6.42 Å². The largest absolute Gasteiger partial charge is 0.481 e. The summed E-state index contributed by atoms with van der Waals surface area (Å²) in [6, 6.07) is 8.06. The van der Waals surface area contributed by atoms with E-state index in [1.807, 2.05) is 25.1 Å². The number of benzene rings is 1. The van der Waals surface area contributed by atoms with Crippen molar-refractivity contribution in [2.24, 2.45) is 0 Å².